The van der Waals surface area contributed by atoms with E-state index < -0.39 is 5.41 Å². The number of fused-ring (bicyclic) bond motifs is 5. The molecule has 1 unspecified atom stereocenters. The van der Waals surface area contributed by atoms with Crippen molar-refractivity contribution >= 4 is 40.6 Å². The van der Waals surface area contributed by atoms with E-state index in [1.165, 1.54) is 11.8 Å². The van der Waals surface area contributed by atoms with Crippen molar-refractivity contribution in [1.82, 2.24) is 0 Å². The molecule has 0 fully saturated rings. The Morgan fingerprint density at radius 1 is 0.914 bits per heavy atom. The van der Waals surface area contributed by atoms with Crippen LogP contribution in [0.4, 0.5) is 11.4 Å². The number of anilines is 2. The van der Waals surface area contributed by atoms with Gasteiger partial charge in [-0.25, -0.2) is 0 Å². The minimum absolute atomic E-state index is 0.0613. The number of carbonyl (C=O) groups is 1. The molecule has 0 saturated heterocycles. The Balaban J connectivity index is 1.61. The molecule has 3 aliphatic heterocycles. The molecular weight excluding hydrogens is 478 g/mol. The van der Waals surface area contributed by atoms with Crippen LogP contribution in [0.1, 0.15) is 11.1 Å². The molecule has 2 N–H and O–H groups in total. The van der Waals surface area contributed by atoms with Crippen molar-refractivity contribution < 1.29 is 4.79 Å². The van der Waals surface area contributed by atoms with Gasteiger partial charge in [-0.15, -0.1) is 0 Å². The smallest absolute Gasteiger partial charge is 0.248 e. The Hall–Kier alpha value is -4.17. The summed E-state index contributed by atoms with van der Waals surface area (Å²) >= 11 is 7.44. The summed E-state index contributed by atoms with van der Waals surface area (Å²) in [5.41, 5.74) is 8.18. The van der Waals surface area contributed by atoms with Crippen LogP contribution in [0, 0.1) is 22.7 Å². The van der Waals surface area contributed by atoms with Gasteiger partial charge in [0.15, 0.2) is 5.41 Å². The molecule has 3 heterocycles. The third kappa shape index (κ3) is 2.74. The van der Waals surface area contributed by atoms with Crippen LogP contribution in [0.3, 0.4) is 0 Å². The van der Waals surface area contributed by atoms with Crippen LogP contribution in [-0.2, 0) is 16.8 Å². The zero-order valence-electron chi connectivity index (χ0n) is 18.2. The molecule has 35 heavy (non-hydrogen) atoms. The summed E-state index contributed by atoms with van der Waals surface area (Å²) in [6, 6.07) is 26.7. The number of rotatable bonds is 2. The van der Waals surface area contributed by atoms with E-state index in [0.29, 0.717) is 21.3 Å². The molecule has 0 aliphatic carbocycles. The van der Waals surface area contributed by atoms with Gasteiger partial charge in [0.1, 0.15) is 16.9 Å². The summed E-state index contributed by atoms with van der Waals surface area (Å²) in [5.74, 6) is -0.205. The number of amides is 1. The van der Waals surface area contributed by atoms with Gasteiger partial charge in [0, 0.05) is 21.2 Å². The van der Waals surface area contributed by atoms with Crippen LogP contribution in [0.15, 0.2) is 99.7 Å². The van der Waals surface area contributed by atoms with Crippen LogP contribution < -0.4 is 15.5 Å². The second-order valence-corrected chi connectivity index (χ2v) is 9.82. The lowest BCUT2D eigenvalue weighted by Crippen LogP contribution is -2.48. The number of hydrogen-bond acceptors (Lipinski definition) is 6. The standard InChI is InChI=1S/C27H16ClN5OS/c28-17-11-9-16(10-12-17)15-32-21-6-2-1-5-18(21)27(26(32)34)19(13-29)24(31)33-22-7-3-4-8-23(22)35-25(33)20(27)14-30/h1-12H,15,31H2. The van der Waals surface area contributed by atoms with E-state index >= 15 is 0 Å². The predicted octanol–water partition coefficient (Wildman–Crippen LogP) is 5.18. The summed E-state index contributed by atoms with van der Waals surface area (Å²) in [5, 5.41) is 22.0. The fraction of sp³-hybridized carbons (Fsp3) is 0.0741. The third-order valence-electron chi connectivity index (χ3n) is 6.62. The maximum absolute atomic E-state index is 14.4. The summed E-state index contributed by atoms with van der Waals surface area (Å²) in [4.78, 5) is 18.7. The van der Waals surface area contributed by atoms with Gasteiger partial charge in [0.2, 0.25) is 5.91 Å². The highest BCUT2D eigenvalue weighted by Crippen LogP contribution is 2.60. The largest absolute Gasteiger partial charge is 0.384 e. The molecule has 0 aromatic heterocycles. The van der Waals surface area contributed by atoms with E-state index in [1.54, 1.807) is 28.0 Å². The second kappa shape index (κ2) is 7.68. The van der Waals surface area contributed by atoms with Gasteiger partial charge in [0.05, 0.1) is 29.4 Å². The van der Waals surface area contributed by atoms with Crippen LogP contribution in [-0.4, -0.2) is 5.91 Å². The first-order chi connectivity index (χ1) is 17.0. The van der Waals surface area contributed by atoms with Gasteiger partial charge in [-0.3, -0.25) is 9.69 Å². The summed E-state index contributed by atoms with van der Waals surface area (Å²) in [7, 11) is 0. The van der Waals surface area contributed by atoms with Gasteiger partial charge in [-0.1, -0.05) is 65.8 Å². The van der Waals surface area contributed by atoms with Crippen LogP contribution in [0.25, 0.3) is 0 Å². The van der Waals surface area contributed by atoms with E-state index in [1.807, 2.05) is 54.6 Å². The molecule has 6 nitrogen and oxygen atoms in total. The number of hydrogen-bond donors (Lipinski definition) is 1. The maximum Gasteiger partial charge on any atom is 0.248 e. The molecule has 1 atom stereocenters. The highest BCUT2D eigenvalue weighted by Gasteiger charge is 2.61. The Bertz CT molecular complexity index is 1580. The average molecular weight is 494 g/mol. The maximum atomic E-state index is 14.4. The van der Waals surface area contributed by atoms with Crippen molar-refractivity contribution in [2.45, 2.75) is 16.9 Å². The van der Waals surface area contributed by atoms with E-state index in [4.69, 9.17) is 17.3 Å². The van der Waals surface area contributed by atoms with E-state index in [9.17, 15) is 15.3 Å². The zero-order chi connectivity index (χ0) is 24.3. The zero-order valence-corrected chi connectivity index (χ0v) is 19.8. The van der Waals surface area contributed by atoms with Crippen molar-refractivity contribution in [3.05, 3.63) is 111 Å². The minimum atomic E-state index is -1.61. The quantitative estimate of drug-likeness (QED) is 0.528. The monoisotopic (exact) mass is 493 g/mol. The predicted molar refractivity (Wildman–Crippen MR) is 135 cm³/mol. The second-order valence-electron chi connectivity index (χ2n) is 8.35. The van der Waals surface area contributed by atoms with Gasteiger partial charge in [-0.2, -0.15) is 10.5 Å². The first-order valence-corrected chi connectivity index (χ1v) is 12.0. The lowest BCUT2D eigenvalue weighted by Gasteiger charge is -2.37. The van der Waals surface area contributed by atoms with Crippen molar-refractivity contribution in [1.29, 1.82) is 10.5 Å². The van der Waals surface area contributed by atoms with Crippen molar-refractivity contribution in [2.75, 3.05) is 9.80 Å². The lowest BCUT2D eigenvalue weighted by molar-refractivity contribution is -0.120. The highest BCUT2D eigenvalue weighted by atomic mass is 35.5. The first-order valence-electron chi connectivity index (χ1n) is 10.8. The number of benzene rings is 3. The van der Waals surface area contributed by atoms with E-state index in [0.717, 1.165) is 16.1 Å². The van der Waals surface area contributed by atoms with Gasteiger partial charge >= 0.3 is 0 Å². The van der Waals surface area contributed by atoms with Crippen molar-refractivity contribution in [3.8, 4) is 12.1 Å². The number of nitriles is 2. The topological polar surface area (TPSA) is 97.1 Å². The fourth-order valence-corrected chi connectivity index (χ4v) is 6.45. The molecule has 8 heteroatoms. The Labute approximate surface area is 211 Å². The molecule has 3 aromatic rings. The molecule has 1 amide bonds. The van der Waals surface area contributed by atoms with Gasteiger partial charge in [-0.05, 0) is 35.9 Å². The van der Waals surface area contributed by atoms with Gasteiger partial charge in [0.25, 0.3) is 0 Å². The van der Waals surface area contributed by atoms with Crippen LogP contribution in [0.2, 0.25) is 5.02 Å². The summed E-state index contributed by atoms with van der Waals surface area (Å²) in [6.07, 6.45) is 0. The third-order valence-corrected chi connectivity index (χ3v) is 8.02. The number of nitrogens with zero attached hydrogens (tertiary/aromatic N) is 4. The van der Waals surface area contributed by atoms with Crippen molar-refractivity contribution in [3.63, 3.8) is 0 Å². The minimum Gasteiger partial charge on any atom is -0.384 e. The SMILES string of the molecule is N#CC1=C(N)N2C(=C(C#N)C13C(=O)N(Cc1ccc(Cl)cc1)c1ccccc13)Sc1ccccc12. The van der Waals surface area contributed by atoms with E-state index in [2.05, 4.69) is 12.1 Å². The lowest BCUT2D eigenvalue weighted by atomic mass is 9.68. The normalized spacial score (nSPS) is 20.0. The number of para-hydroxylation sites is 2. The fourth-order valence-electron chi connectivity index (χ4n) is 5.12. The molecule has 3 aliphatic rings. The first kappa shape index (κ1) is 21.4. The average Bonchev–Trinajstić information content (AvgIpc) is 3.37. The molecular formula is C27H16ClN5OS. The number of carbonyl (C=O) groups excluding carboxylic acids is 1. The van der Waals surface area contributed by atoms with Crippen LogP contribution in [0.5, 0.6) is 0 Å². The van der Waals surface area contributed by atoms with Gasteiger partial charge < -0.3 is 10.6 Å². The molecule has 168 valence electrons. The highest BCUT2D eigenvalue weighted by molar-refractivity contribution is 8.03. The van der Waals surface area contributed by atoms with Crippen LogP contribution >= 0.6 is 23.4 Å². The Kier molecular flexibility index (Phi) is 4.69. The summed E-state index contributed by atoms with van der Waals surface area (Å²) in [6.45, 7) is 0.262. The van der Waals surface area contributed by atoms with Crippen molar-refractivity contribution in [2.24, 2.45) is 5.73 Å². The number of nitrogens with two attached hydrogens (primary N) is 1. The number of thioether (sulfide) groups is 1. The Morgan fingerprint density at radius 3 is 2.29 bits per heavy atom. The molecule has 0 saturated carbocycles. The molecule has 0 bridgehead atoms. The molecule has 1 spiro atoms. The Morgan fingerprint density at radius 2 is 1.57 bits per heavy atom. The molecule has 3 aromatic carbocycles. The molecule has 6 rings (SSSR count). The number of halogens is 1. The van der Waals surface area contributed by atoms with E-state index in [-0.39, 0.29) is 29.4 Å². The molecule has 0 radical (unpaired) electrons. The summed E-state index contributed by atoms with van der Waals surface area (Å²) < 4.78 is 0.